The maximum Gasteiger partial charge on any atom is 0.252 e. The first kappa shape index (κ1) is 22.4. The third-order valence-corrected chi connectivity index (χ3v) is 5.80. The van der Waals surface area contributed by atoms with E-state index in [2.05, 4.69) is 30.4 Å². The lowest BCUT2D eigenvalue weighted by atomic mass is 10.1. The summed E-state index contributed by atoms with van der Waals surface area (Å²) in [6.45, 7) is 2.03. The standard InChI is InChI=1S/C26H25N7O2/c1-35-23-9-10-24-21(13-23)12-22(26(34)28-24)17-32(15-20-8-5-11-27-14-20)18-25-29-30-31-33(25)16-19-6-3-2-4-7-19/h2-14H,15-18H2,1H3,(H,28,34). The van der Waals surface area contributed by atoms with Crippen molar-refractivity contribution in [3.63, 3.8) is 0 Å². The highest BCUT2D eigenvalue weighted by molar-refractivity contribution is 5.80. The highest BCUT2D eigenvalue weighted by Gasteiger charge is 2.16. The van der Waals surface area contributed by atoms with Crippen LogP contribution in [0.5, 0.6) is 5.75 Å². The zero-order chi connectivity index (χ0) is 24.0. The summed E-state index contributed by atoms with van der Waals surface area (Å²) in [5, 5.41) is 13.3. The second-order valence-corrected chi connectivity index (χ2v) is 8.32. The molecule has 0 radical (unpaired) electrons. The SMILES string of the molecule is COc1ccc2[nH]c(=O)c(CN(Cc3cccnc3)Cc3nnnn3Cc3ccccc3)cc2c1. The van der Waals surface area contributed by atoms with Crippen LogP contribution in [0.3, 0.4) is 0 Å². The average Bonchev–Trinajstić information content (AvgIpc) is 3.31. The van der Waals surface area contributed by atoms with Gasteiger partial charge >= 0.3 is 0 Å². The smallest absolute Gasteiger partial charge is 0.252 e. The van der Waals surface area contributed by atoms with E-state index >= 15 is 0 Å². The van der Waals surface area contributed by atoms with Crippen LogP contribution in [0.2, 0.25) is 0 Å². The van der Waals surface area contributed by atoms with Crippen LogP contribution < -0.4 is 10.3 Å². The lowest BCUT2D eigenvalue weighted by Gasteiger charge is -2.22. The van der Waals surface area contributed by atoms with Crippen LogP contribution in [0, 0.1) is 0 Å². The van der Waals surface area contributed by atoms with Gasteiger partial charge in [-0.3, -0.25) is 14.7 Å². The van der Waals surface area contributed by atoms with Crippen LogP contribution in [-0.2, 0) is 26.2 Å². The number of H-pyrrole nitrogens is 1. The van der Waals surface area contributed by atoms with Crippen LogP contribution in [0.1, 0.15) is 22.5 Å². The van der Waals surface area contributed by atoms with E-state index in [-0.39, 0.29) is 5.56 Å². The number of benzene rings is 2. The van der Waals surface area contributed by atoms with E-state index in [1.165, 1.54) is 0 Å². The van der Waals surface area contributed by atoms with Crippen LogP contribution in [0.15, 0.2) is 83.9 Å². The summed E-state index contributed by atoms with van der Waals surface area (Å²) in [5.74, 6) is 1.46. The Balaban J connectivity index is 1.44. The maximum atomic E-state index is 12.9. The van der Waals surface area contributed by atoms with Crippen molar-refractivity contribution in [1.29, 1.82) is 0 Å². The fourth-order valence-corrected chi connectivity index (χ4v) is 4.05. The minimum atomic E-state index is -0.122. The second-order valence-electron chi connectivity index (χ2n) is 8.32. The molecule has 5 aromatic rings. The summed E-state index contributed by atoms with van der Waals surface area (Å²) < 4.78 is 7.14. The summed E-state index contributed by atoms with van der Waals surface area (Å²) in [6.07, 6.45) is 3.57. The van der Waals surface area contributed by atoms with Crippen LogP contribution >= 0.6 is 0 Å². The molecule has 9 nitrogen and oxygen atoms in total. The van der Waals surface area contributed by atoms with Gasteiger partial charge in [0.25, 0.3) is 5.56 Å². The van der Waals surface area contributed by atoms with E-state index < -0.39 is 0 Å². The Morgan fingerprint density at radius 3 is 2.63 bits per heavy atom. The molecule has 0 aliphatic heterocycles. The van der Waals surface area contributed by atoms with Crippen molar-refractivity contribution in [2.45, 2.75) is 26.2 Å². The van der Waals surface area contributed by atoms with E-state index in [0.717, 1.165) is 33.6 Å². The number of tetrazole rings is 1. The number of rotatable bonds is 9. The molecule has 0 spiro atoms. The van der Waals surface area contributed by atoms with Crippen molar-refractivity contribution in [2.24, 2.45) is 0 Å². The van der Waals surface area contributed by atoms with E-state index in [9.17, 15) is 4.79 Å². The van der Waals surface area contributed by atoms with Gasteiger partial charge in [0, 0.05) is 41.9 Å². The number of ether oxygens (including phenoxy) is 1. The molecule has 3 heterocycles. The average molecular weight is 468 g/mol. The van der Waals surface area contributed by atoms with Gasteiger partial charge in [0.05, 0.1) is 20.2 Å². The van der Waals surface area contributed by atoms with Gasteiger partial charge in [0.2, 0.25) is 0 Å². The van der Waals surface area contributed by atoms with Crippen molar-refractivity contribution >= 4 is 10.9 Å². The molecule has 0 fully saturated rings. The number of aromatic amines is 1. The Kier molecular flexibility index (Phi) is 6.58. The molecule has 176 valence electrons. The summed E-state index contributed by atoms with van der Waals surface area (Å²) >= 11 is 0. The van der Waals surface area contributed by atoms with Gasteiger partial charge in [-0.2, -0.15) is 0 Å². The van der Waals surface area contributed by atoms with Gasteiger partial charge in [0.15, 0.2) is 5.82 Å². The molecule has 0 aliphatic rings. The zero-order valence-corrected chi connectivity index (χ0v) is 19.3. The van der Waals surface area contributed by atoms with Gasteiger partial charge in [-0.1, -0.05) is 36.4 Å². The fraction of sp³-hybridized carbons (Fsp3) is 0.192. The Morgan fingerprint density at radius 1 is 0.971 bits per heavy atom. The Morgan fingerprint density at radius 2 is 1.83 bits per heavy atom. The number of fused-ring (bicyclic) bond motifs is 1. The molecule has 2 aromatic carbocycles. The summed E-state index contributed by atoms with van der Waals surface area (Å²) in [7, 11) is 1.63. The van der Waals surface area contributed by atoms with Gasteiger partial charge in [-0.05, 0) is 51.9 Å². The molecule has 0 saturated carbocycles. The first-order valence-electron chi connectivity index (χ1n) is 11.3. The molecular formula is C26H25N7O2. The van der Waals surface area contributed by atoms with Gasteiger partial charge in [-0.15, -0.1) is 5.10 Å². The summed E-state index contributed by atoms with van der Waals surface area (Å²) in [4.78, 5) is 22.3. The number of hydrogen-bond donors (Lipinski definition) is 1. The molecular weight excluding hydrogens is 442 g/mol. The number of pyridine rings is 2. The highest BCUT2D eigenvalue weighted by atomic mass is 16.5. The van der Waals surface area contributed by atoms with Crippen molar-refractivity contribution in [1.82, 2.24) is 35.1 Å². The number of nitrogens with zero attached hydrogens (tertiary/aromatic N) is 6. The molecule has 35 heavy (non-hydrogen) atoms. The first-order chi connectivity index (χ1) is 17.2. The predicted octanol–water partition coefficient (Wildman–Crippen LogP) is 3.17. The molecule has 5 rings (SSSR count). The number of hydrogen-bond acceptors (Lipinski definition) is 7. The minimum absolute atomic E-state index is 0.122. The predicted molar refractivity (Wildman–Crippen MR) is 132 cm³/mol. The van der Waals surface area contributed by atoms with Gasteiger partial charge < -0.3 is 9.72 Å². The third-order valence-electron chi connectivity index (χ3n) is 5.80. The molecule has 0 aliphatic carbocycles. The Bertz CT molecular complexity index is 1470. The summed E-state index contributed by atoms with van der Waals surface area (Å²) in [6, 6.07) is 21.5. The van der Waals surface area contributed by atoms with E-state index in [4.69, 9.17) is 4.74 Å². The molecule has 1 N–H and O–H groups in total. The molecule has 0 bridgehead atoms. The van der Waals surface area contributed by atoms with Crippen molar-refractivity contribution in [3.05, 3.63) is 112 Å². The van der Waals surface area contributed by atoms with E-state index in [0.29, 0.717) is 31.7 Å². The molecule has 0 atom stereocenters. The van der Waals surface area contributed by atoms with Crippen LogP contribution in [-0.4, -0.2) is 42.2 Å². The molecule has 9 heteroatoms. The maximum absolute atomic E-state index is 12.9. The molecule has 0 unspecified atom stereocenters. The summed E-state index contributed by atoms with van der Waals surface area (Å²) in [5.41, 5.74) is 3.44. The van der Waals surface area contributed by atoms with Crippen molar-refractivity contribution < 1.29 is 4.74 Å². The Labute approximate surface area is 202 Å². The third kappa shape index (κ3) is 5.42. The normalized spacial score (nSPS) is 11.3. The highest BCUT2D eigenvalue weighted by Crippen LogP contribution is 2.20. The van der Waals surface area contributed by atoms with E-state index in [1.54, 1.807) is 18.0 Å². The minimum Gasteiger partial charge on any atom is -0.497 e. The quantitative estimate of drug-likeness (QED) is 0.355. The topological polar surface area (TPSA) is 102 Å². The first-order valence-corrected chi connectivity index (χ1v) is 11.3. The lowest BCUT2D eigenvalue weighted by molar-refractivity contribution is 0.235. The zero-order valence-electron chi connectivity index (χ0n) is 19.3. The van der Waals surface area contributed by atoms with Gasteiger partial charge in [-0.25, -0.2) is 4.68 Å². The lowest BCUT2D eigenvalue weighted by Crippen LogP contribution is -2.28. The largest absolute Gasteiger partial charge is 0.497 e. The fourth-order valence-electron chi connectivity index (χ4n) is 4.05. The van der Waals surface area contributed by atoms with Crippen molar-refractivity contribution in [3.8, 4) is 5.75 Å². The van der Waals surface area contributed by atoms with E-state index in [1.807, 2.05) is 72.9 Å². The number of nitrogens with one attached hydrogen (secondary N) is 1. The molecule has 0 amide bonds. The van der Waals surface area contributed by atoms with Gasteiger partial charge in [0.1, 0.15) is 5.75 Å². The second kappa shape index (κ2) is 10.3. The van der Waals surface area contributed by atoms with Crippen molar-refractivity contribution in [2.75, 3.05) is 7.11 Å². The van der Waals surface area contributed by atoms with Crippen LogP contribution in [0.25, 0.3) is 10.9 Å². The number of aromatic nitrogens is 6. The van der Waals surface area contributed by atoms with Crippen LogP contribution in [0.4, 0.5) is 0 Å². The molecule has 3 aromatic heterocycles. The monoisotopic (exact) mass is 467 g/mol. The molecule has 0 saturated heterocycles. The number of methoxy groups -OCH3 is 1. The Hall–Kier alpha value is -4.37.